The summed E-state index contributed by atoms with van der Waals surface area (Å²) in [5, 5.41) is 6.06. The Morgan fingerprint density at radius 3 is 2.75 bits per heavy atom. The van der Waals surface area contributed by atoms with Crippen LogP contribution in [0, 0.1) is 0 Å². The average molecular weight is 323 g/mol. The maximum absolute atomic E-state index is 3.40. The quantitative estimate of drug-likeness (QED) is 0.665. The van der Waals surface area contributed by atoms with E-state index in [1.54, 1.807) is 0 Å². The van der Waals surface area contributed by atoms with Gasteiger partial charge in [-0.05, 0) is 20.4 Å². The van der Waals surface area contributed by atoms with E-state index < -0.39 is 0 Å². The normalized spacial score (nSPS) is 11.3. The second kappa shape index (κ2) is 6.01. The van der Waals surface area contributed by atoms with Gasteiger partial charge in [0, 0.05) is 13.1 Å². The number of hydrogen-bond acceptors (Lipinski definition) is 1. The van der Waals surface area contributed by atoms with Crippen LogP contribution in [0.4, 0.5) is 0 Å². The van der Waals surface area contributed by atoms with Crippen LogP contribution in [-0.4, -0.2) is 6.54 Å². The zero-order chi connectivity index (χ0) is 11.2. The van der Waals surface area contributed by atoms with Gasteiger partial charge in [-0.3, -0.25) is 0 Å². The molecule has 0 spiro atoms. The summed E-state index contributed by atoms with van der Waals surface area (Å²) in [4.78, 5) is 0. The first kappa shape index (κ1) is 11.6. The molecule has 0 radical (unpaired) electrons. The summed E-state index contributed by atoms with van der Waals surface area (Å²) in [5.74, 6) is 0. The van der Waals surface area contributed by atoms with Crippen molar-refractivity contribution in [1.29, 1.82) is 0 Å². The van der Waals surface area contributed by atoms with Gasteiger partial charge in [0.1, 0.15) is 0 Å². The Bertz CT molecular complexity index is 486. The van der Waals surface area contributed by atoms with Crippen LogP contribution in [0.25, 0.3) is 10.8 Å². The highest BCUT2D eigenvalue weighted by atomic mass is 127. The van der Waals surface area contributed by atoms with Gasteiger partial charge in [0.25, 0.3) is 0 Å². The molecule has 0 unspecified atom stereocenters. The molecule has 2 aromatic rings. The third-order valence-electron chi connectivity index (χ3n) is 2.55. The largest absolute Gasteiger partial charge is 0.309 e. The monoisotopic (exact) mass is 323 g/mol. The van der Waals surface area contributed by atoms with E-state index >= 15 is 0 Å². The molecule has 0 aliphatic carbocycles. The highest BCUT2D eigenvalue weighted by Gasteiger charge is 1.98. The molecule has 82 valence electrons. The van der Waals surface area contributed by atoms with Gasteiger partial charge in [-0.2, -0.15) is 0 Å². The van der Waals surface area contributed by atoms with Gasteiger partial charge in [-0.25, -0.2) is 0 Å². The Balaban J connectivity index is 2.17. The second-order valence-corrected chi connectivity index (χ2v) is 4.35. The van der Waals surface area contributed by atoms with Crippen molar-refractivity contribution < 1.29 is 0 Å². The summed E-state index contributed by atoms with van der Waals surface area (Å²) in [6.45, 7) is 1.84. The van der Waals surface area contributed by atoms with Crippen molar-refractivity contribution in [1.82, 2.24) is 5.32 Å². The third-order valence-corrected chi connectivity index (χ3v) is 3.06. The molecule has 1 N–H and O–H groups in total. The van der Waals surface area contributed by atoms with E-state index in [-0.39, 0.29) is 0 Å². The third kappa shape index (κ3) is 2.83. The Hall–Kier alpha value is -0.870. The van der Waals surface area contributed by atoms with Crippen LogP contribution in [0.3, 0.4) is 0 Å². The fraction of sp³-hybridized carbons (Fsp3) is 0.143. The summed E-state index contributed by atoms with van der Waals surface area (Å²) in [6, 6.07) is 15.0. The lowest BCUT2D eigenvalue weighted by molar-refractivity contribution is 0.765. The number of benzene rings is 2. The van der Waals surface area contributed by atoms with Gasteiger partial charge in [-0.15, -0.1) is 0 Å². The van der Waals surface area contributed by atoms with E-state index in [2.05, 4.69) is 76.4 Å². The van der Waals surface area contributed by atoms with E-state index in [9.17, 15) is 0 Å². The predicted molar refractivity (Wildman–Crippen MR) is 78.8 cm³/mol. The average Bonchev–Trinajstić information content (AvgIpc) is 2.35. The molecule has 0 amide bonds. The molecule has 1 nitrogen and oxygen atoms in total. The van der Waals surface area contributed by atoms with Crippen molar-refractivity contribution >= 4 is 33.4 Å². The summed E-state index contributed by atoms with van der Waals surface area (Å²) in [7, 11) is 0. The lowest BCUT2D eigenvalue weighted by Crippen LogP contribution is -2.12. The van der Waals surface area contributed by atoms with Crippen LogP contribution in [0.1, 0.15) is 5.56 Å². The molecular formula is C14H14IN. The van der Waals surface area contributed by atoms with Gasteiger partial charge < -0.3 is 5.32 Å². The molecule has 0 saturated heterocycles. The molecule has 0 aliphatic rings. The van der Waals surface area contributed by atoms with Crippen LogP contribution in [0.5, 0.6) is 0 Å². The van der Waals surface area contributed by atoms with Crippen LogP contribution >= 0.6 is 22.6 Å². The smallest absolute Gasteiger partial charge is 0.0214 e. The number of hydrogen-bond donors (Lipinski definition) is 1. The maximum Gasteiger partial charge on any atom is 0.0214 e. The van der Waals surface area contributed by atoms with Crippen molar-refractivity contribution in [3.8, 4) is 0 Å². The van der Waals surface area contributed by atoms with Gasteiger partial charge in [0.05, 0.1) is 0 Å². The molecule has 0 atom stereocenters. The lowest BCUT2D eigenvalue weighted by Gasteiger charge is -2.06. The van der Waals surface area contributed by atoms with Crippen molar-refractivity contribution in [3.63, 3.8) is 0 Å². The van der Waals surface area contributed by atoms with Crippen molar-refractivity contribution in [2.24, 2.45) is 0 Å². The standard InChI is InChI=1S/C14H14IN/c15-9-4-10-16-11-13-7-3-6-12-5-1-2-8-14(12)13/h1-9,16H,10-11H2. The van der Waals surface area contributed by atoms with Crippen molar-refractivity contribution in [2.75, 3.05) is 6.54 Å². The van der Waals surface area contributed by atoms with E-state index in [0.717, 1.165) is 13.1 Å². The van der Waals surface area contributed by atoms with E-state index in [1.807, 2.05) is 4.08 Å². The Morgan fingerprint density at radius 2 is 1.88 bits per heavy atom. The fourth-order valence-corrected chi connectivity index (χ4v) is 2.04. The molecule has 16 heavy (non-hydrogen) atoms. The Labute approximate surface area is 110 Å². The summed E-state index contributed by atoms with van der Waals surface area (Å²) >= 11 is 2.24. The zero-order valence-corrected chi connectivity index (χ0v) is 11.1. The summed E-state index contributed by atoms with van der Waals surface area (Å²) in [6.07, 6.45) is 2.12. The van der Waals surface area contributed by atoms with Crippen LogP contribution in [0.2, 0.25) is 0 Å². The minimum Gasteiger partial charge on any atom is -0.309 e. The molecule has 2 aromatic carbocycles. The topological polar surface area (TPSA) is 12.0 Å². The first-order valence-corrected chi connectivity index (χ1v) is 6.59. The number of nitrogens with one attached hydrogen (secondary N) is 1. The number of fused-ring (bicyclic) bond motifs is 1. The fourth-order valence-electron chi connectivity index (χ4n) is 1.78. The van der Waals surface area contributed by atoms with Crippen LogP contribution in [-0.2, 0) is 6.54 Å². The summed E-state index contributed by atoms with van der Waals surface area (Å²) < 4.78 is 2.04. The summed E-state index contributed by atoms with van der Waals surface area (Å²) in [5.41, 5.74) is 1.36. The minimum atomic E-state index is 0.919. The number of rotatable bonds is 4. The van der Waals surface area contributed by atoms with E-state index in [4.69, 9.17) is 0 Å². The van der Waals surface area contributed by atoms with Crippen LogP contribution in [0.15, 0.2) is 52.6 Å². The van der Waals surface area contributed by atoms with Crippen molar-refractivity contribution in [3.05, 3.63) is 58.2 Å². The van der Waals surface area contributed by atoms with Gasteiger partial charge in [-0.1, -0.05) is 71.1 Å². The lowest BCUT2D eigenvalue weighted by atomic mass is 10.0. The second-order valence-electron chi connectivity index (χ2n) is 3.63. The van der Waals surface area contributed by atoms with E-state index in [0.29, 0.717) is 0 Å². The maximum atomic E-state index is 3.40. The molecule has 0 bridgehead atoms. The van der Waals surface area contributed by atoms with Gasteiger partial charge >= 0.3 is 0 Å². The van der Waals surface area contributed by atoms with Gasteiger partial charge in [0.2, 0.25) is 0 Å². The molecule has 0 fully saturated rings. The highest BCUT2D eigenvalue weighted by Crippen LogP contribution is 2.17. The number of halogens is 1. The minimum absolute atomic E-state index is 0.919. The molecule has 0 heterocycles. The van der Waals surface area contributed by atoms with Gasteiger partial charge in [0.15, 0.2) is 0 Å². The molecule has 0 saturated carbocycles. The van der Waals surface area contributed by atoms with Crippen molar-refractivity contribution in [2.45, 2.75) is 6.54 Å². The Kier molecular flexibility index (Phi) is 4.36. The highest BCUT2D eigenvalue weighted by molar-refractivity contribution is 14.1. The molecule has 0 aliphatic heterocycles. The van der Waals surface area contributed by atoms with E-state index in [1.165, 1.54) is 16.3 Å². The molecule has 2 heteroatoms. The molecule has 2 rings (SSSR count). The van der Waals surface area contributed by atoms with Crippen LogP contribution < -0.4 is 5.32 Å². The Morgan fingerprint density at radius 1 is 1.06 bits per heavy atom. The SMILES string of the molecule is IC=CCNCc1cccc2ccccc12. The first-order chi connectivity index (χ1) is 7.92. The zero-order valence-electron chi connectivity index (χ0n) is 8.99. The predicted octanol–water partition coefficient (Wildman–Crippen LogP) is 3.88. The molecular weight excluding hydrogens is 309 g/mol. The first-order valence-electron chi connectivity index (χ1n) is 5.34. The molecule has 0 aromatic heterocycles.